The van der Waals surface area contributed by atoms with Crippen LogP contribution in [0.1, 0.15) is 12.5 Å². The number of carbonyl (C=O) groups excluding carboxylic acids is 1. The minimum absolute atomic E-state index is 0.0698. The number of nitriles is 1. The number of nitrogens with zero attached hydrogens (tertiary/aromatic N) is 1. The lowest BCUT2D eigenvalue weighted by atomic mass is 10.1. The summed E-state index contributed by atoms with van der Waals surface area (Å²) < 4.78 is 6.19. The number of rotatable bonds is 5. The number of anilines is 1. The van der Waals surface area contributed by atoms with Crippen LogP contribution in [0, 0.1) is 11.3 Å². The summed E-state index contributed by atoms with van der Waals surface area (Å²) in [6, 6.07) is 9.26. The van der Waals surface area contributed by atoms with Crippen LogP contribution in [0.3, 0.4) is 0 Å². The third-order valence-corrected chi connectivity index (χ3v) is 5.42. The largest absolute Gasteiger partial charge is 0.508 e. The number of hydrogen-bond acceptors (Lipinski definition) is 5. The SMILES string of the molecule is CCOc1cc(/C=C(/C#N)C(=O)Nc2ccc(O)cc2)c(Br)c(Br)c1O. The molecule has 0 aromatic heterocycles. The van der Waals surface area contributed by atoms with Gasteiger partial charge in [-0.15, -0.1) is 0 Å². The molecule has 0 radical (unpaired) electrons. The molecular weight excluding hydrogens is 468 g/mol. The van der Waals surface area contributed by atoms with E-state index >= 15 is 0 Å². The number of nitrogens with one attached hydrogen (secondary N) is 1. The van der Waals surface area contributed by atoms with Crippen LogP contribution < -0.4 is 10.1 Å². The highest BCUT2D eigenvalue weighted by molar-refractivity contribution is 9.13. The maximum atomic E-state index is 12.3. The Balaban J connectivity index is 2.37. The second-order valence-corrected chi connectivity index (χ2v) is 6.63. The molecule has 134 valence electrons. The van der Waals surface area contributed by atoms with E-state index in [1.54, 1.807) is 6.92 Å². The molecule has 6 nitrogen and oxygen atoms in total. The van der Waals surface area contributed by atoms with Crippen LogP contribution in [0.25, 0.3) is 6.08 Å². The average molecular weight is 482 g/mol. The smallest absolute Gasteiger partial charge is 0.266 e. The highest BCUT2D eigenvalue weighted by Gasteiger charge is 2.16. The Morgan fingerprint density at radius 2 is 1.92 bits per heavy atom. The van der Waals surface area contributed by atoms with E-state index in [1.807, 2.05) is 6.07 Å². The fourth-order valence-electron chi connectivity index (χ4n) is 2.03. The summed E-state index contributed by atoms with van der Waals surface area (Å²) in [6.07, 6.45) is 1.38. The molecule has 0 heterocycles. The maximum absolute atomic E-state index is 12.3. The van der Waals surface area contributed by atoms with Crippen molar-refractivity contribution in [3.63, 3.8) is 0 Å². The van der Waals surface area contributed by atoms with Crippen molar-refractivity contribution in [3.05, 3.63) is 50.4 Å². The van der Waals surface area contributed by atoms with E-state index in [1.165, 1.54) is 36.4 Å². The minimum atomic E-state index is -0.604. The zero-order chi connectivity index (χ0) is 19.3. The lowest BCUT2D eigenvalue weighted by molar-refractivity contribution is -0.112. The molecule has 0 spiro atoms. The minimum Gasteiger partial charge on any atom is -0.508 e. The van der Waals surface area contributed by atoms with Gasteiger partial charge in [-0.25, -0.2) is 0 Å². The normalized spacial score (nSPS) is 10.9. The number of carbonyl (C=O) groups is 1. The summed E-state index contributed by atoms with van der Waals surface area (Å²) >= 11 is 6.57. The summed E-state index contributed by atoms with van der Waals surface area (Å²) in [4.78, 5) is 12.3. The molecule has 2 rings (SSSR count). The molecule has 0 atom stereocenters. The average Bonchev–Trinajstić information content (AvgIpc) is 2.63. The number of halogens is 2. The molecule has 0 aliphatic rings. The van der Waals surface area contributed by atoms with E-state index < -0.39 is 5.91 Å². The topological polar surface area (TPSA) is 103 Å². The Morgan fingerprint density at radius 1 is 1.27 bits per heavy atom. The van der Waals surface area contributed by atoms with Crippen LogP contribution in [0.2, 0.25) is 0 Å². The third kappa shape index (κ3) is 4.56. The van der Waals surface area contributed by atoms with Crippen molar-refractivity contribution in [2.45, 2.75) is 6.92 Å². The molecule has 0 unspecified atom stereocenters. The first kappa shape index (κ1) is 19.8. The van der Waals surface area contributed by atoms with Crippen molar-refractivity contribution in [1.29, 1.82) is 5.26 Å². The predicted octanol–water partition coefficient (Wildman–Crippen LogP) is 4.57. The Kier molecular flexibility index (Phi) is 6.66. The van der Waals surface area contributed by atoms with Gasteiger partial charge in [0.1, 0.15) is 17.4 Å². The highest BCUT2D eigenvalue weighted by Crippen LogP contribution is 2.42. The van der Waals surface area contributed by atoms with Crippen molar-refractivity contribution in [2.75, 3.05) is 11.9 Å². The molecule has 8 heteroatoms. The van der Waals surface area contributed by atoms with E-state index in [2.05, 4.69) is 37.2 Å². The lowest BCUT2D eigenvalue weighted by Crippen LogP contribution is -2.13. The molecule has 3 N–H and O–H groups in total. The fraction of sp³-hybridized carbons (Fsp3) is 0.111. The van der Waals surface area contributed by atoms with Crippen LogP contribution in [-0.4, -0.2) is 22.7 Å². The molecule has 0 saturated carbocycles. The summed E-state index contributed by atoms with van der Waals surface area (Å²) in [5.74, 6) is -0.388. The van der Waals surface area contributed by atoms with Gasteiger partial charge in [0, 0.05) is 10.2 Å². The van der Waals surface area contributed by atoms with Crippen molar-refractivity contribution in [3.8, 4) is 23.3 Å². The molecule has 0 aliphatic carbocycles. The van der Waals surface area contributed by atoms with Gasteiger partial charge >= 0.3 is 0 Å². The van der Waals surface area contributed by atoms with Gasteiger partial charge < -0.3 is 20.3 Å². The summed E-state index contributed by atoms with van der Waals surface area (Å²) in [5, 5.41) is 31.3. The van der Waals surface area contributed by atoms with Gasteiger partial charge in [0.2, 0.25) is 0 Å². The molecule has 0 fully saturated rings. The molecule has 1 amide bonds. The number of phenolic OH excluding ortho intramolecular Hbond substituents is 2. The molecule has 2 aromatic carbocycles. The number of benzene rings is 2. The second-order valence-electron chi connectivity index (χ2n) is 5.04. The van der Waals surface area contributed by atoms with Crippen molar-refractivity contribution in [1.82, 2.24) is 0 Å². The van der Waals surface area contributed by atoms with E-state index in [9.17, 15) is 20.3 Å². The Bertz CT molecular complexity index is 903. The number of aromatic hydroxyl groups is 2. The zero-order valence-corrected chi connectivity index (χ0v) is 16.8. The summed E-state index contributed by atoms with van der Waals surface area (Å²) in [7, 11) is 0. The number of hydrogen-bond donors (Lipinski definition) is 3. The molecular formula is C18H14Br2N2O4. The van der Waals surface area contributed by atoms with Crippen molar-refractivity contribution < 1.29 is 19.7 Å². The quantitative estimate of drug-likeness (QED) is 0.330. The van der Waals surface area contributed by atoms with Gasteiger partial charge in [0.25, 0.3) is 5.91 Å². The molecule has 0 saturated heterocycles. The van der Waals surface area contributed by atoms with Crippen molar-refractivity contribution in [2.24, 2.45) is 0 Å². The van der Waals surface area contributed by atoms with E-state index in [4.69, 9.17) is 4.74 Å². The van der Waals surface area contributed by atoms with Gasteiger partial charge in [-0.05, 0) is 80.8 Å². The lowest BCUT2D eigenvalue weighted by Gasteiger charge is -2.11. The first-order valence-electron chi connectivity index (χ1n) is 7.43. The number of amides is 1. The Morgan fingerprint density at radius 3 is 2.50 bits per heavy atom. The standard InChI is InChI=1S/C18H14Br2N2O4/c1-2-26-14-8-10(15(19)16(20)17(14)24)7-11(9-21)18(25)22-12-3-5-13(23)6-4-12/h3-8,23-24H,2H2,1H3,(H,22,25)/b11-7-. The van der Waals surface area contributed by atoms with E-state index in [-0.39, 0.29) is 22.8 Å². The predicted molar refractivity (Wildman–Crippen MR) is 105 cm³/mol. The Hall–Kier alpha value is -2.50. The summed E-state index contributed by atoms with van der Waals surface area (Å²) in [6.45, 7) is 2.12. The van der Waals surface area contributed by atoms with E-state index in [0.717, 1.165) is 0 Å². The maximum Gasteiger partial charge on any atom is 0.266 e. The first-order chi connectivity index (χ1) is 12.4. The molecule has 26 heavy (non-hydrogen) atoms. The third-order valence-electron chi connectivity index (χ3n) is 3.26. The second kappa shape index (κ2) is 8.74. The first-order valence-corrected chi connectivity index (χ1v) is 9.01. The Labute approximate surface area is 167 Å². The van der Waals surface area contributed by atoms with Gasteiger partial charge in [-0.3, -0.25) is 4.79 Å². The van der Waals surface area contributed by atoms with Crippen LogP contribution >= 0.6 is 31.9 Å². The molecule has 0 bridgehead atoms. The van der Waals surface area contributed by atoms with Gasteiger partial charge in [-0.2, -0.15) is 5.26 Å². The highest BCUT2D eigenvalue weighted by atomic mass is 79.9. The summed E-state index contributed by atoms with van der Waals surface area (Å²) in [5.41, 5.74) is 0.782. The van der Waals surface area contributed by atoms with Gasteiger partial charge in [-0.1, -0.05) is 0 Å². The molecule has 0 aliphatic heterocycles. The number of ether oxygens (including phenoxy) is 1. The van der Waals surface area contributed by atoms with Gasteiger partial charge in [0.05, 0.1) is 11.1 Å². The van der Waals surface area contributed by atoms with Crippen LogP contribution in [-0.2, 0) is 4.79 Å². The monoisotopic (exact) mass is 480 g/mol. The fourth-order valence-corrected chi connectivity index (χ4v) is 2.87. The van der Waals surface area contributed by atoms with Crippen LogP contribution in [0.15, 0.2) is 44.9 Å². The number of phenols is 2. The van der Waals surface area contributed by atoms with Crippen molar-refractivity contribution >= 4 is 49.5 Å². The van der Waals surface area contributed by atoms with E-state index in [0.29, 0.717) is 26.8 Å². The van der Waals surface area contributed by atoms with Crippen LogP contribution in [0.4, 0.5) is 5.69 Å². The van der Waals surface area contributed by atoms with Crippen LogP contribution in [0.5, 0.6) is 17.2 Å². The molecule has 2 aromatic rings. The zero-order valence-electron chi connectivity index (χ0n) is 13.6. The van der Waals surface area contributed by atoms with Gasteiger partial charge in [0.15, 0.2) is 11.5 Å².